The molecule has 2 aliphatic rings. The van der Waals surface area contributed by atoms with Gasteiger partial charge < -0.3 is 16.0 Å². The molecule has 4 rings (SSSR count). The van der Waals surface area contributed by atoms with Gasteiger partial charge in [0.2, 0.25) is 11.9 Å². The lowest BCUT2D eigenvalue weighted by Crippen LogP contribution is -2.27. The van der Waals surface area contributed by atoms with Crippen LogP contribution in [0.25, 0.3) is 17.3 Å². The minimum atomic E-state index is 0.263. The first-order valence-corrected chi connectivity index (χ1v) is 9.16. The summed E-state index contributed by atoms with van der Waals surface area (Å²) in [7, 11) is 0. The number of nitrogens with zero attached hydrogens (tertiary/aromatic N) is 3. The van der Waals surface area contributed by atoms with Gasteiger partial charge in [-0.1, -0.05) is 30.4 Å². The Morgan fingerprint density at radius 3 is 3.04 bits per heavy atom. The van der Waals surface area contributed by atoms with Crippen molar-refractivity contribution >= 4 is 23.7 Å². The molecule has 1 aromatic carbocycles. The second kappa shape index (κ2) is 7.15. The smallest absolute Gasteiger partial charge is 0.222 e. The minimum Gasteiger partial charge on any atom is -0.370 e. The van der Waals surface area contributed by atoms with Gasteiger partial charge in [0, 0.05) is 37.7 Å². The highest BCUT2D eigenvalue weighted by Crippen LogP contribution is 2.31. The monoisotopic (exact) mass is 349 g/mol. The van der Waals surface area contributed by atoms with E-state index in [2.05, 4.69) is 45.6 Å². The molecule has 1 saturated heterocycles. The summed E-state index contributed by atoms with van der Waals surface area (Å²) < 4.78 is 0. The number of allylic oxidation sites excluding steroid dienone is 1. The lowest BCUT2D eigenvalue weighted by atomic mass is 10.0. The Morgan fingerprint density at radius 2 is 2.19 bits per heavy atom. The van der Waals surface area contributed by atoms with Crippen LogP contribution in [0.5, 0.6) is 0 Å². The SMILES string of the molecule is Nc1nc(NCCCN2CCCC2=O)cc(-c2cccc3c2C=CC3)n1. The van der Waals surface area contributed by atoms with Crippen molar-refractivity contribution in [2.45, 2.75) is 25.7 Å². The van der Waals surface area contributed by atoms with E-state index in [4.69, 9.17) is 5.73 Å². The lowest BCUT2D eigenvalue weighted by Gasteiger charge is -2.15. The molecule has 1 aliphatic carbocycles. The van der Waals surface area contributed by atoms with E-state index in [1.807, 2.05) is 11.0 Å². The van der Waals surface area contributed by atoms with Crippen LogP contribution in [0.2, 0.25) is 0 Å². The van der Waals surface area contributed by atoms with E-state index >= 15 is 0 Å². The number of carbonyl (C=O) groups is 1. The summed E-state index contributed by atoms with van der Waals surface area (Å²) in [5.41, 5.74) is 10.4. The largest absolute Gasteiger partial charge is 0.370 e. The predicted molar refractivity (Wildman–Crippen MR) is 104 cm³/mol. The zero-order valence-electron chi connectivity index (χ0n) is 14.7. The van der Waals surface area contributed by atoms with Gasteiger partial charge in [-0.15, -0.1) is 0 Å². The van der Waals surface area contributed by atoms with Gasteiger partial charge in [0.05, 0.1) is 5.69 Å². The molecule has 6 nitrogen and oxygen atoms in total. The van der Waals surface area contributed by atoms with Crippen molar-refractivity contribution in [1.29, 1.82) is 0 Å². The van der Waals surface area contributed by atoms with Crippen molar-refractivity contribution < 1.29 is 4.79 Å². The summed E-state index contributed by atoms with van der Waals surface area (Å²) in [6.45, 7) is 2.42. The number of aromatic nitrogens is 2. The third-order valence-electron chi connectivity index (χ3n) is 4.92. The van der Waals surface area contributed by atoms with E-state index in [0.717, 1.165) is 56.0 Å². The summed E-state index contributed by atoms with van der Waals surface area (Å²) in [5, 5.41) is 3.32. The average molecular weight is 349 g/mol. The van der Waals surface area contributed by atoms with Crippen molar-refractivity contribution in [3.63, 3.8) is 0 Å². The standard InChI is InChI=1S/C20H23N5O/c21-20-23-17(16-8-2-6-14-5-1-7-15(14)16)13-18(24-20)22-10-4-12-25-11-3-9-19(25)26/h1-2,6-8,13H,3-5,9-12H2,(H3,21,22,23,24). The molecule has 0 radical (unpaired) electrons. The first-order chi connectivity index (χ1) is 12.7. The highest BCUT2D eigenvalue weighted by molar-refractivity contribution is 5.79. The van der Waals surface area contributed by atoms with E-state index in [0.29, 0.717) is 6.42 Å². The van der Waals surface area contributed by atoms with Crippen molar-refractivity contribution in [1.82, 2.24) is 14.9 Å². The Labute approximate surface area is 153 Å². The molecule has 0 atom stereocenters. The Kier molecular flexibility index (Phi) is 4.56. The van der Waals surface area contributed by atoms with Crippen LogP contribution < -0.4 is 11.1 Å². The molecule has 2 aromatic rings. The van der Waals surface area contributed by atoms with Gasteiger partial charge in [0.1, 0.15) is 5.82 Å². The van der Waals surface area contributed by atoms with Gasteiger partial charge in [0.25, 0.3) is 0 Å². The minimum absolute atomic E-state index is 0.263. The molecule has 26 heavy (non-hydrogen) atoms. The maximum absolute atomic E-state index is 11.6. The van der Waals surface area contributed by atoms with Crippen molar-refractivity contribution in [2.75, 3.05) is 30.7 Å². The number of likely N-dealkylation sites (tertiary alicyclic amines) is 1. The average Bonchev–Trinajstić information content (AvgIpc) is 3.27. The second-order valence-electron chi connectivity index (χ2n) is 6.75. The van der Waals surface area contributed by atoms with Gasteiger partial charge in [0.15, 0.2) is 0 Å². The molecule has 0 unspecified atom stereocenters. The number of carbonyl (C=O) groups excluding carboxylic acids is 1. The zero-order chi connectivity index (χ0) is 17.9. The van der Waals surface area contributed by atoms with Crippen LogP contribution in [0.3, 0.4) is 0 Å². The van der Waals surface area contributed by atoms with Crippen molar-refractivity contribution in [2.24, 2.45) is 0 Å². The fourth-order valence-electron chi connectivity index (χ4n) is 3.64. The molecule has 0 saturated carbocycles. The summed E-state index contributed by atoms with van der Waals surface area (Å²) in [6.07, 6.45) is 7.82. The molecule has 3 N–H and O–H groups in total. The quantitative estimate of drug-likeness (QED) is 0.784. The summed E-state index contributed by atoms with van der Waals surface area (Å²) >= 11 is 0. The third-order valence-corrected chi connectivity index (χ3v) is 4.92. The zero-order valence-corrected chi connectivity index (χ0v) is 14.7. The number of nitrogens with one attached hydrogen (secondary N) is 1. The molecule has 1 aliphatic heterocycles. The van der Waals surface area contributed by atoms with E-state index in [1.165, 1.54) is 11.1 Å². The predicted octanol–water partition coefficient (Wildman–Crippen LogP) is 2.72. The normalized spacial score (nSPS) is 15.5. The Morgan fingerprint density at radius 1 is 1.27 bits per heavy atom. The van der Waals surface area contributed by atoms with Gasteiger partial charge in [-0.2, -0.15) is 4.98 Å². The Balaban J connectivity index is 1.44. The lowest BCUT2D eigenvalue weighted by molar-refractivity contribution is -0.127. The van der Waals surface area contributed by atoms with Gasteiger partial charge in [-0.05, 0) is 30.4 Å². The van der Waals surface area contributed by atoms with Crippen molar-refractivity contribution in [3.05, 3.63) is 41.5 Å². The van der Waals surface area contributed by atoms with Crippen LogP contribution in [-0.2, 0) is 11.2 Å². The fourth-order valence-corrected chi connectivity index (χ4v) is 3.64. The first kappa shape index (κ1) is 16.6. The summed E-state index contributed by atoms with van der Waals surface area (Å²) in [6, 6.07) is 8.21. The van der Waals surface area contributed by atoms with Gasteiger partial charge >= 0.3 is 0 Å². The molecule has 1 amide bonds. The molecule has 0 bridgehead atoms. The number of fused-ring (bicyclic) bond motifs is 1. The summed E-state index contributed by atoms with van der Waals surface area (Å²) in [5.74, 6) is 1.25. The number of amides is 1. The number of hydrogen-bond donors (Lipinski definition) is 2. The van der Waals surface area contributed by atoms with Crippen LogP contribution >= 0.6 is 0 Å². The number of benzene rings is 1. The van der Waals surface area contributed by atoms with Crippen LogP contribution in [-0.4, -0.2) is 40.4 Å². The number of anilines is 2. The van der Waals surface area contributed by atoms with Gasteiger partial charge in [-0.25, -0.2) is 4.98 Å². The van der Waals surface area contributed by atoms with Crippen LogP contribution in [0.4, 0.5) is 11.8 Å². The maximum Gasteiger partial charge on any atom is 0.222 e. The second-order valence-corrected chi connectivity index (χ2v) is 6.75. The molecule has 1 aromatic heterocycles. The van der Waals surface area contributed by atoms with E-state index in [9.17, 15) is 4.79 Å². The Bertz CT molecular complexity index is 861. The van der Waals surface area contributed by atoms with Crippen LogP contribution in [0, 0.1) is 0 Å². The fraction of sp³-hybridized carbons (Fsp3) is 0.350. The summed E-state index contributed by atoms with van der Waals surface area (Å²) in [4.78, 5) is 22.3. The number of rotatable bonds is 6. The maximum atomic E-state index is 11.6. The molecule has 2 heterocycles. The Hall–Kier alpha value is -2.89. The topological polar surface area (TPSA) is 84.1 Å². The van der Waals surface area contributed by atoms with Gasteiger partial charge in [-0.3, -0.25) is 4.79 Å². The first-order valence-electron chi connectivity index (χ1n) is 9.16. The molecule has 0 spiro atoms. The van der Waals surface area contributed by atoms with Crippen LogP contribution in [0.15, 0.2) is 30.3 Å². The molecular formula is C20H23N5O. The van der Waals surface area contributed by atoms with E-state index < -0.39 is 0 Å². The van der Waals surface area contributed by atoms with E-state index in [-0.39, 0.29) is 11.9 Å². The van der Waals surface area contributed by atoms with Crippen LogP contribution in [0.1, 0.15) is 30.4 Å². The molecule has 134 valence electrons. The number of hydrogen-bond acceptors (Lipinski definition) is 5. The highest BCUT2D eigenvalue weighted by Gasteiger charge is 2.19. The third kappa shape index (κ3) is 3.40. The van der Waals surface area contributed by atoms with Crippen molar-refractivity contribution in [3.8, 4) is 11.3 Å². The number of nitrogens with two attached hydrogens (primary N) is 1. The molecular weight excluding hydrogens is 326 g/mol. The van der Waals surface area contributed by atoms with E-state index in [1.54, 1.807) is 0 Å². The number of nitrogen functional groups attached to an aromatic ring is 1. The molecule has 6 heteroatoms. The molecule has 1 fully saturated rings. The highest BCUT2D eigenvalue weighted by atomic mass is 16.2.